The number of morpholine rings is 1. The molecule has 1 aromatic heterocycles. The van der Waals surface area contributed by atoms with Crippen LogP contribution in [0.3, 0.4) is 0 Å². The van der Waals surface area contributed by atoms with Crippen molar-refractivity contribution in [3.8, 4) is 0 Å². The maximum Gasteiger partial charge on any atom is 0.251 e. The normalized spacial score (nSPS) is 20.7. The molecule has 1 aliphatic rings. The lowest BCUT2D eigenvalue weighted by atomic mass is 10.2. The van der Waals surface area contributed by atoms with Crippen molar-refractivity contribution in [2.75, 3.05) is 13.1 Å². The number of sulfonamides is 1. The Morgan fingerprint density at radius 3 is 2.50 bits per heavy atom. The van der Waals surface area contributed by atoms with Gasteiger partial charge in [-0.05, 0) is 49.7 Å². The van der Waals surface area contributed by atoms with E-state index in [1.807, 2.05) is 13.8 Å². The number of ether oxygens (including phenoxy) is 1. The Bertz CT molecular complexity index is 943. The molecule has 150 valence electrons. The van der Waals surface area contributed by atoms with E-state index >= 15 is 0 Å². The average Bonchev–Trinajstić information content (AvgIpc) is 2.66. The fraction of sp³-hybridized carbons (Fsp3) is 0.368. The molecule has 1 N–H and O–H groups in total. The predicted octanol–water partition coefficient (Wildman–Crippen LogP) is 2.46. The van der Waals surface area contributed by atoms with Gasteiger partial charge in [-0.3, -0.25) is 9.78 Å². The highest BCUT2D eigenvalue weighted by Gasteiger charge is 2.33. The maximum absolute atomic E-state index is 13.1. The second kappa shape index (κ2) is 8.57. The monoisotopic (exact) mass is 423 g/mol. The molecular formula is C19H22ClN3O4S. The van der Waals surface area contributed by atoms with Crippen molar-refractivity contribution in [3.05, 3.63) is 58.9 Å². The van der Waals surface area contributed by atoms with Crippen molar-refractivity contribution in [2.45, 2.75) is 37.5 Å². The summed E-state index contributed by atoms with van der Waals surface area (Å²) >= 11 is 6.17. The van der Waals surface area contributed by atoms with E-state index in [1.165, 1.54) is 22.5 Å². The molecule has 1 aliphatic heterocycles. The Hall–Kier alpha value is -2.00. The minimum atomic E-state index is -3.85. The third-order valence-electron chi connectivity index (χ3n) is 4.40. The van der Waals surface area contributed by atoms with E-state index in [0.29, 0.717) is 6.54 Å². The molecule has 1 saturated heterocycles. The number of aromatic nitrogens is 1. The second-order valence-electron chi connectivity index (χ2n) is 6.76. The molecule has 0 aliphatic carbocycles. The minimum Gasteiger partial charge on any atom is -0.373 e. The fourth-order valence-corrected chi connectivity index (χ4v) is 5.18. The van der Waals surface area contributed by atoms with E-state index in [9.17, 15) is 13.2 Å². The molecule has 1 aromatic carbocycles. The summed E-state index contributed by atoms with van der Waals surface area (Å²) in [4.78, 5) is 16.3. The first-order valence-electron chi connectivity index (χ1n) is 8.89. The molecule has 0 radical (unpaired) electrons. The number of rotatable bonds is 5. The van der Waals surface area contributed by atoms with E-state index in [4.69, 9.17) is 16.3 Å². The number of carbonyl (C=O) groups excluding carboxylic acids is 1. The van der Waals surface area contributed by atoms with Gasteiger partial charge in [0, 0.05) is 37.6 Å². The third-order valence-corrected chi connectivity index (χ3v) is 6.71. The summed E-state index contributed by atoms with van der Waals surface area (Å²) in [6.07, 6.45) is 2.84. The zero-order chi connectivity index (χ0) is 20.3. The van der Waals surface area contributed by atoms with Gasteiger partial charge in [-0.15, -0.1) is 0 Å². The number of hydrogen-bond donors (Lipinski definition) is 1. The van der Waals surface area contributed by atoms with Crippen LogP contribution in [0, 0.1) is 0 Å². The molecule has 2 heterocycles. The van der Waals surface area contributed by atoms with E-state index in [0.717, 1.165) is 5.56 Å². The van der Waals surface area contributed by atoms with Gasteiger partial charge in [0.25, 0.3) is 5.91 Å². The topological polar surface area (TPSA) is 88.6 Å². The van der Waals surface area contributed by atoms with Crippen molar-refractivity contribution in [2.24, 2.45) is 0 Å². The number of carbonyl (C=O) groups is 1. The minimum absolute atomic E-state index is 0.0768. The van der Waals surface area contributed by atoms with Crippen LogP contribution in [0.25, 0.3) is 0 Å². The van der Waals surface area contributed by atoms with Gasteiger partial charge in [-0.2, -0.15) is 4.31 Å². The molecule has 0 unspecified atom stereocenters. The lowest BCUT2D eigenvalue weighted by Crippen LogP contribution is -2.48. The van der Waals surface area contributed by atoms with Crippen LogP contribution in [0.4, 0.5) is 0 Å². The maximum atomic E-state index is 13.1. The lowest BCUT2D eigenvalue weighted by molar-refractivity contribution is -0.0440. The first-order chi connectivity index (χ1) is 13.3. The lowest BCUT2D eigenvalue weighted by Gasteiger charge is -2.34. The second-order valence-corrected chi connectivity index (χ2v) is 9.08. The average molecular weight is 424 g/mol. The number of pyridine rings is 1. The molecule has 0 saturated carbocycles. The molecule has 28 heavy (non-hydrogen) atoms. The number of benzene rings is 1. The van der Waals surface area contributed by atoms with E-state index in [1.54, 1.807) is 24.5 Å². The Kier molecular flexibility index (Phi) is 6.34. The van der Waals surface area contributed by atoms with Gasteiger partial charge >= 0.3 is 0 Å². The summed E-state index contributed by atoms with van der Waals surface area (Å²) in [6, 6.07) is 7.85. The molecule has 1 fully saturated rings. The Labute approximate surface area is 169 Å². The Balaban J connectivity index is 1.81. The van der Waals surface area contributed by atoms with Crippen LogP contribution < -0.4 is 5.32 Å². The SMILES string of the molecule is C[C@@H]1CN(S(=O)(=O)c2cc(C(=O)NCc3ccncc3)ccc2Cl)C[C@@H](C)O1. The van der Waals surface area contributed by atoms with Crippen LogP contribution in [0.15, 0.2) is 47.6 Å². The van der Waals surface area contributed by atoms with Crippen LogP contribution >= 0.6 is 11.6 Å². The van der Waals surface area contributed by atoms with Crippen molar-refractivity contribution in [1.82, 2.24) is 14.6 Å². The molecule has 2 atom stereocenters. The Morgan fingerprint density at radius 1 is 1.21 bits per heavy atom. The predicted molar refractivity (Wildman–Crippen MR) is 106 cm³/mol. The summed E-state index contributed by atoms with van der Waals surface area (Å²) in [7, 11) is -3.85. The summed E-state index contributed by atoms with van der Waals surface area (Å²) in [6.45, 7) is 4.43. The van der Waals surface area contributed by atoms with Crippen molar-refractivity contribution >= 4 is 27.5 Å². The Morgan fingerprint density at radius 2 is 1.86 bits per heavy atom. The van der Waals surface area contributed by atoms with E-state index in [2.05, 4.69) is 10.3 Å². The van der Waals surface area contributed by atoms with Gasteiger partial charge in [0.1, 0.15) is 4.90 Å². The first-order valence-corrected chi connectivity index (χ1v) is 10.7. The molecular weight excluding hydrogens is 402 g/mol. The van der Waals surface area contributed by atoms with E-state index in [-0.39, 0.29) is 46.7 Å². The zero-order valence-corrected chi connectivity index (χ0v) is 17.2. The van der Waals surface area contributed by atoms with Crippen molar-refractivity contribution in [3.63, 3.8) is 0 Å². The number of hydrogen-bond acceptors (Lipinski definition) is 5. The third kappa shape index (κ3) is 4.70. The molecule has 9 heteroatoms. The smallest absolute Gasteiger partial charge is 0.251 e. The molecule has 3 rings (SSSR count). The molecule has 0 bridgehead atoms. The molecule has 1 amide bonds. The first kappa shape index (κ1) is 20.7. The van der Waals surface area contributed by atoms with Gasteiger partial charge in [-0.1, -0.05) is 11.6 Å². The number of amides is 1. The molecule has 7 nitrogen and oxygen atoms in total. The number of halogens is 1. The van der Waals surface area contributed by atoms with Crippen molar-refractivity contribution in [1.29, 1.82) is 0 Å². The van der Waals surface area contributed by atoms with Gasteiger partial charge in [-0.25, -0.2) is 8.42 Å². The summed E-state index contributed by atoms with van der Waals surface area (Å²) < 4.78 is 33.2. The van der Waals surface area contributed by atoms with Crippen LogP contribution in [0.1, 0.15) is 29.8 Å². The van der Waals surface area contributed by atoms with Gasteiger partial charge in [0.15, 0.2) is 0 Å². The number of nitrogens with one attached hydrogen (secondary N) is 1. The van der Waals surface area contributed by atoms with Crippen LogP contribution in [-0.2, 0) is 21.3 Å². The largest absolute Gasteiger partial charge is 0.373 e. The van der Waals surface area contributed by atoms with Crippen LogP contribution in [-0.4, -0.2) is 48.9 Å². The molecule has 0 spiro atoms. The van der Waals surface area contributed by atoms with Gasteiger partial charge < -0.3 is 10.1 Å². The summed E-state index contributed by atoms with van der Waals surface area (Å²) in [5.41, 5.74) is 1.12. The number of nitrogens with zero attached hydrogens (tertiary/aromatic N) is 2. The van der Waals surface area contributed by atoms with E-state index < -0.39 is 10.0 Å². The highest BCUT2D eigenvalue weighted by atomic mass is 35.5. The van der Waals surface area contributed by atoms with Crippen molar-refractivity contribution < 1.29 is 17.9 Å². The van der Waals surface area contributed by atoms with Crippen LogP contribution in [0.2, 0.25) is 5.02 Å². The fourth-order valence-electron chi connectivity index (χ4n) is 3.09. The highest BCUT2D eigenvalue weighted by molar-refractivity contribution is 7.89. The molecule has 2 aromatic rings. The summed E-state index contributed by atoms with van der Waals surface area (Å²) in [5, 5.41) is 2.85. The quantitative estimate of drug-likeness (QED) is 0.798. The summed E-state index contributed by atoms with van der Waals surface area (Å²) in [5.74, 6) is -0.381. The van der Waals surface area contributed by atoms with Gasteiger partial charge in [0.05, 0.1) is 17.2 Å². The van der Waals surface area contributed by atoms with Crippen LogP contribution in [0.5, 0.6) is 0 Å². The zero-order valence-electron chi connectivity index (χ0n) is 15.6. The standard InChI is InChI=1S/C19H22ClN3O4S/c1-13-11-23(12-14(2)27-13)28(25,26)18-9-16(3-4-17(18)20)19(24)22-10-15-5-7-21-8-6-15/h3-9,13-14H,10-12H2,1-2H3,(H,22,24)/t13-,14-/m1/s1. The van der Waals surface area contributed by atoms with Gasteiger partial charge in [0.2, 0.25) is 10.0 Å². The highest BCUT2D eigenvalue weighted by Crippen LogP contribution is 2.28.